The average Bonchev–Trinajstić information content (AvgIpc) is 2.46. The number of carbonyl (C=O) groups is 3. The summed E-state index contributed by atoms with van der Waals surface area (Å²) in [6, 6.07) is 0. The van der Waals surface area contributed by atoms with Crippen LogP contribution in [0, 0.1) is 5.92 Å². The summed E-state index contributed by atoms with van der Waals surface area (Å²) >= 11 is 0. The van der Waals surface area contributed by atoms with Crippen LogP contribution < -0.4 is 0 Å². The number of amides is 2. The maximum absolute atomic E-state index is 11.1. The van der Waals surface area contributed by atoms with E-state index in [1.807, 2.05) is 0 Å². The van der Waals surface area contributed by atoms with E-state index in [9.17, 15) is 14.4 Å². The summed E-state index contributed by atoms with van der Waals surface area (Å²) in [6.45, 7) is -0.0964. The maximum Gasteiger partial charge on any atom is 0.416 e. The number of hydrogen-bond acceptors (Lipinski definition) is 4. The van der Waals surface area contributed by atoms with Crippen molar-refractivity contribution in [3.63, 3.8) is 0 Å². The second kappa shape index (κ2) is 3.42. The molecule has 72 valence electrons. The van der Waals surface area contributed by atoms with Gasteiger partial charge in [-0.05, 0) is 0 Å². The number of aliphatic carboxylic acids is 1. The molecule has 1 aliphatic rings. The molecule has 1 saturated heterocycles. The molecule has 6 nitrogen and oxygen atoms in total. The number of carbonyl (C=O) groups excluding carboxylic acids is 2. The molecule has 1 heterocycles. The first-order valence-corrected chi connectivity index (χ1v) is 3.67. The van der Waals surface area contributed by atoms with Gasteiger partial charge in [0.2, 0.25) is 5.91 Å². The van der Waals surface area contributed by atoms with E-state index in [0.717, 1.165) is 12.0 Å². The molecular formula is C7H9NO5. The van der Waals surface area contributed by atoms with Gasteiger partial charge in [0.25, 0.3) is 0 Å². The summed E-state index contributed by atoms with van der Waals surface area (Å²) in [6.07, 6.45) is -0.932. The fraction of sp³-hybridized carbons (Fsp3) is 0.571. The second-order valence-corrected chi connectivity index (χ2v) is 2.71. The molecule has 13 heavy (non-hydrogen) atoms. The summed E-state index contributed by atoms with van der Waals surface area (Å²) in [5.74, 6) is -2.37. The second-order valence-electron chi connectivity index (χ2n) is 2.71. The van der Waals surface area contributed by atoms with Gasteiger partial charge in [-0.3, -0.25) is 9.59 Å². The predicted molar refractivity (Wildman–Crippen MR) is 39.9 cm³/mol. The molecular weight excluding hydrogens is 178 g/mol. The van der Waals surface area contributed by atoms with Crippen molar-refractivity contribution < 1.29 is 24.2 Å². The number of methoxy groups -OCH3 is 1. The van der Waals surface area contributed by atoms with E-state index < -0.39 is 23.9 Å². The molecule has 0 bridgehead atoms. The van der Waals surface area contributed by atoms with E-state index >= 15 is 0 Å². The Morgan fingerprint density at radius 2 is 2.23 bits per heavy atom. The van der Waals surface area contributed by atoms with Gasteiger partial charge in [0.1, 0.15) is 0 Å². The number of carboxylic acid groups (broad SMARTS) is 1. The van der Waals surface area contributed by atoms with Crippen molar-refractivity contribution >= 4 is 18.0 Å². The third-order valence-corrected chi connectivity index (χ3v) is 1.87. The molecule has 0 aliphatic carbocycles. The zero-order chi connectivity index (χ0) is 10.0. The van der Waals surface area contributed by atoms with Gasteiger partial charge in [0.05, 0.1) is 13.0 Å². The molecule has 0 aromatic heterocycles. The van der Waals surface area contributed by atoms with Crippen molar-refractivity contribution in [1.29, 1.82) is 0 Å². The van der Waals surface area contributed by atoms with Crippen LogP contribution in [0.4, 0.5) is 4.79 Å². The van der Waals surface area contributed by atoms with Crippen LogP contribution in [0.25, 0.3) is 0 Å². The molecule has 0 aromatic rings. The molecule has 1 N–H and O–H groups in total. The highest BCUT2D eigenvalue weighted by molar-refractivity contribution is 5.96. The van der Waals surface area contributed by atoms with Gasteiger partial charge in [0, 0.05) is 13.0 Å². The normalized spacial score (nSPS) is 21.8. The molecule has 6 heteroatoms. The van der Waals surface area contributed by atoms with Gasteiger partial charge in [-0.25, -0.2) is 9.69 Å². The van der Waals surface area contributed by atoms with Crippen LogP contribution in [0.3, 0.4) is 0 Å². The Morgan fingerprint density at radius 1 is 1.62 bits per heavy atom. The minimum Gasteiger partial charge on any atom is -0.481 e. The number of imide groups is 1. The van der Waals surface area contributed by atoms with E-state index in [1.165, 1.54) is 0 Å². The highest BCUT2D eigenvalue weighted by atomic mass is 16.5. The quantitative estimate of drug-likeness (QED) is 0.608. The Kier molecular flexibility index (Phi) is 2.50. The lowest BCUT2D eigenvalue weighted by Crippen LogP contribution is -2.32. The third-order valence-electron chi connectivity index (χ3n) is 1.87. The number of nitrogens with zero attached hydrogens (tertiary/aromatic N) is 1. The van der Waals surface area contributed by atoms with Crippen molar-refractivity contribution in [2.24, 2.45) is 5.92 Å². The molecule has 1 aliphatic heterocycles. The van der Waals surface area contributed by atoms with Crippen LogP contribution >= 0.6 is 0 Å². The Labute approximate surface area is 74.1 Å². The van der Waals surface area contributed by atoms with E-state index in [4.69, 9.17) is 5.11 Å². The summed E-state index contributed by atoms with van der Waals surface area (Å²) < 4.78 is 4.31. The monoisotopic (exact) mass is 187 g/mol. The van der Waals surface area contributed by atoms with Crippen LogP contribution in [0.2, 0.25) is 0 Å². The van der Waals surface area contributed by atoms with Gasteiger partial charge in [0.15, 0.2) is 0 Å². The van der Waals surface area contributed by atoms with Gasteiger partial charge in [-0.1, -0.05) is 0 Å². The van der Waals surface area contributed by atoms with Crippen molar-refractivity contribution in [2.45, 2.75) is 6.42 Å². The molecule has 1 rings (SSSR count). The average molecular weight is 187 g/mol. The van der Waals surface area contributed by atoms with Crippen LogP contribution in [-0.2, 0) is 14.3 Å². The number of hydrogen-bond donors (Lipinski definition) is 1. The summed E-state index contributed by atoms with van der Waals surface area (Å²) in [4.78, 5) is 33.2. The number of ether oxygens (including phenoxy) is 1. The largest absolute Gasteiger partial charge is 0.481 e. The summed E-state index contributed by atoms with van der Waals surface area (Å²) in [7, 11) is 1.14. The first-order valence-electron chi connectivity index (χ1n) is 3.67. The lowest BCUT2D eigenvalue weighted by molar-refractivity contribution is -0.141. The van der Waals surface area contributed by atoms with Gasteiger partial charge in [-0.15, -0.1) is 0 Å². The Bertz CT molecular complexity index is 262. The molecule has 1 atom stereocenters. The van der Waals surface area contributed by atoms with E-state index in [0.29, 0.717) is 0 Å². The van der Waals surface area contributed by atoms with Crippen LogP contribution in [-0.4, -0.2) is 41.6 Å². The third kappa shape index (κ3) is 1.77. The standard InChI is InChI=1S/C7H9NO5/c1-13-7(12)8-3-4(6(10)11)2-5(8)9/h4H,2-3H2,1H3,(H,10,11). The molecule has 0 aromatic carbocycles. The number of carboxylic acids is 1. The highest BCUT2D eigenvalue weighted by Crippen LogP contribution is 2.18. The van der Waals surface area contributed by atoms with Crippen molar-refractivity contribution in [2.75, 3.05) is 13.7 Å². The molecule has 1 unspecified atom stereocenters. The zero-order valence-corrected chi connectivity index (χ0v) is 7.02. The van der Waals surface area contributed by atoms with Crippen molar-refractivity contribution in [3.05, 3.63) is 0 Å². The van der Waals surface area contributed by atoms with E-state index in [2.05, 4.69) is 4.74 Å². The van der Waals surface area contributed by atoms with Crippen LogP contribution in [0.1, 0.15) is 6.42 Å². The fourth-order valence-electron chi connectivity index (χ4n) is 1.16. The fourth-order valence-corrected chi connectivity index (χ4v) is 1.16. The lowest BCUT2D eigenvalue weighted by Gasteiger charge is -2.10. The highest BCUT2D eigenvalue weighted by Gasteiger charge is 2.38. The van der Waals surface area contributed by atoms with Gasteiger partial charge < -0.3 is 9.84 Å². The summed E-state index contributed by atoms with van der Waals surface area (Å²) in [5.41, 5.74) is 0. The minimum absolute atomic E-state index is 0.0964. The topological polar surface area (TPSA) is 83.9 Å². The lowest BCUT2D eigenvalue weighted by atomic mass is 10.1. The Balaban J connectivity index is 2.67. The molecule has 0 spiro atoms. The van der Waals surface area contributed by atoms with Crippen molar-refractivity contribution in [1.82, 2.24) is 4.90 Å². The van der Waals surface area contributed by atoms with Crippen molar-refractivity contribution in [3.8, 4) is 0 Å². The molecule has 1 fully saturated rings. The van der Waals surface area contributed by atoms with E-state index in [1.54, 1.807) is 0 Å². The van der Waals surface area contributed by atoms with Crippen LogP contribution in [0.5, 0.6) is 0 Å². The Morgan fingerprint density at radius 3 is 2.62 bits per heavy atom. The summed E-state index contributed by atoms with van der Waals surface area (Å²) in [5, 5.41) is 8.57. The first-order chi connectivity index (χ1) is 6.06. The molecule has 0 radical (unpaired) electrons. The molecule has 2 amide bonds. The number of rotatable bonds is 1. The Hall–Kier alpha value is -1.59. The predicted octanol–water partition coefficient (Wildman–Crippen LogP) is -0.314. The molecule has 0 saturated carbocycles. The van der Waals surface area contributed by atoms with Gasteiger partial charge >= 0.3 is 12.1 Å². The zero-order valence-electron chi connectivity index (χ0n) is 7.02. The minimum atomic E-state index is -1.07. The van der Waals surface area contributed by atoms with Gasteiger partial charge in [-0.2, -0.15) is 0 Å². The maximum atomic E-state index is 11.1. The smallest absolute Gasteiger partial charge is 0.416 e. The first kappa shape index (κ1) is 9.50. The van der Waals surface area contributed by atoms with Crippen LogP contribution in [0.15, 0.2) is 0 Å². The number of likely N-dealkylation sites (tertiary alicyclic amines) is 1. The van der Waals surface area contributed by atoms with E-state index in [-0.39, 0.29) is 13.0 Å². The SMILES string of the molecule is COC(=O)N1CC(C(=O)O)CC1=O.